The molecule has 0 amide bonds. The van der Waals surface area contributed by atoms with Crippen LogP contribution in [0.2, 0.25) is 0 Å². The van der Waals surface area contributed by atoms with Gasteiger partial charge in [-0.1, -0.05) is 6.07 Å². The van der Waals surface area contributed by atoms with Crippen LogP contribution in [0, 0.1) is 24.0 Å². The summed E-state index contributed by atoms with van der Waals surface area (Å²) < 4.78 is 5.43. The molecule has 2 rings (SSSR count). The highest BCUT2D eigenvalue weighted by Crippen LogP contribution is 2.28. The average Bonchev–Trinajstić information content (AvgIpc) is 2.36. The van der Waals surface area contributed by atoms with E-state index in [1.165, 1.54) is 6.07 Å². The van der Waals surface area contributed by atoms with E-state index >= 15 is 0 Å². The van der Waals surface area contributed by atoms with Gasteiger partial charge in [0, 0.05) is 17.8 Å². The van der Waals surface area contributed by atoms with Crippen LogP contribution >= 0.6 is 0 Å². The Kier molecular flexibility index (Phi) is 3.79. The van der Waals surface area contributed by atoms with Crippen LogP contribution in [0.25, 0.3) is 0 Å². The van der Waals surface area contributed by atoms with E-state index in [1.54, 1.807) is 32.0 Å². The quantitative estimate of drug-likeness (QED) is 0.676. The average molecular weight is 274 g/mol. The summed E-state index contributed by atoms with van der Waals surface area (Å²) >= 11 is 0. The van der Waals surface area contributed by atoms with E-state index < -0.39 is 4.92 Å². The summed E-state index contributed by atoms with van der Waals surface area (Å²) in [7, 11) is 0. The zero-order valence-corrected chi connectivity index (χ0v) is 11.2. The normalized spacial score (nSPS) is 10.3. The second kappa shape index (κ2) is 5.52. The molecule has 0 aliphatic carbocycles. The van der Waals surface area contributed by atoms with Gasteiger partial charge in [0.25, 0.3) is 0 Å². The molecule has 7 heteroatoms. The van der Waals surface area contributed by atoms with Crippen LogP contribution in [0.4, 0.5) is 11.5 Å². The molecule has 104 valence electrons. The van der Waals surface area contributed by atoms with E-state index in [9.17, 15) is 10.1 Å². The fourth-order valence-corrected chi connectivity index (χ4v) is 1.76. The zero-order chi connectivity index (χ0) is 14.7. The van der Waals surface area contributed by atoms with Crippen LogP contribution in [0.15, 0.2) is 24.3 Å². The number of hydrogen-bond acceptors (Lipinski definition) is 6. The molecule has 1 aromatic carbocycles. The number of nitrogen functional groups attached to an aromatic ring is 1. The molecule has 1 heterocycles. The van der Waals surface area contributed by atoms with Gasteiger partial charge in [0.05, 0.1) is 4.92 Å². The van der Waals surface area contributed by atoms with Crippen LogP contribution in [0.3, 0.4) is 0 Å². The van der Waals surface area contributed by atoms with Crippen molar-refractivity contribution >= 4 is 11.5 Å². The molecular weight excluding hydrogens is 260 g/mol. The highest BCUT2D eigenvalue weighted by atomic mass is 16.6. The van der Waals surface area contributed by atoms with Gasteiger partial charge in [0.2, 0.25) is 0 Å². The third kappa shape index (κ3) is 3.19. The molecule has 1 aromatic heterocycles. The lowest BCUT2D eigenvalue weighted by Crippen LogP contribution is -2.06. The topological polar surface area (TPSA) is 104 Å². The fraction of sp³-hybridized carbons (Fsp3) is 0.231. The Bertz CT molecular complexity index is 638. The van der Waals surface area contributed by atoms with Gasteiger partial charge in [-0.2, -0.15) is 0 Å². The number of anilines is 1. The maximum Gasteiger partial charge on any atom is 0.311 e. The van der Waals surface area contributed by atoms with Crippen LogP contribution in [0.1, 0.15) is 17.1 Å². The minimum absolute atomic E-state index is 0.0236. The van der Waals surface area contributed by atoms with Crippen molar-refractivity contribution in [2.24, 2.45) is 0 Å². The monoisotopic (exact) mass is 274 g/mol. The molecule has 0 atom stereocenters. The van der Waals surface area contributed by atoms with Crippen molar-refractivity contribution in [3.8, 4) is 5.75 Å². The van der Waals surface area contributed by atoms with Crippen LogP contribution in [0.5, 0.6) is 5.75 Å². The number of hydrogen-bond donors (Lipinski definition) is 1. The van der Waals surface area contributed by atoms with Gasteiger partial charge in [-0.15, -0.1) is 0 Å². The third-order valence-corrected chi connectivity index (χ3v) is 2.59. The lowest BCUT2D eigenvalue weighted by molar-refractivity contribution is -0.386. The number of nitrogens with zero attached hydrogens (tertiary/aromatic N) is 3. The number of ether oxygens (including phenoxy) is 1. The van der Waals surface area contributed by atoms with E-state index in [4.69, 9.17) is 10.5 Å². The number of nitro benzene ring substituents is 1. The maximum absolute atomic E-state index is 11.0. The molecule has 2 aromatic rings. The van der Waals surface area contributed by atoms with Crippen molar-refractivity contribution in [2.45, 2.75) is 20.5 Å². The predicted molar refractivity (Wildman–Crippen MR) is 73.3 cm³/mol. The van der Waals surface area contributed by atoms with E-state index in [2.05, 4.69) is 9.97 Å². The zero-order valence-electron chi connectivity index (χ0n) is 11.2. The second-order valence-electron chi connectivity index (χ2n) is 4.37. The number of aromatic nitrogens is 2. The number of aryl methyl sites for hydroxylation is 2. The molecule has 20 heavy (non-hydrogen) atoms. The Hall–Kier alpha value is -2.70. The first kappa shape index (κ1) is 13.7. The first-order valence-electron chi connectivity index (χ1n) is 5.93. The summed E-state index contributed by atoms with van der Waals surface area (Å²) in [6.45, 7) is 3.59. The molecule has 0 spiro atoms. The Labute approximate surface area is 115 Å². The number of rotatable bonds is 4. The number of nitro groups is 1. The van der Waals surface area contributed by atoms with Crippen LogP contribution in [-0.2, 0) is 6.61 Å². The Balaban J connectivity index is 2.20. The van der Waals surface area contributed by atoms with E-state index in [0.717, 1.165) is 11.3 Å². The van der Waals surface area contributed by atoms with Gasteiger partial charge >= 0.3 is 5.69 Å². The van der Waals surface area contributed by atoms with Crippen molar-refractivity contribution in [3.63, 3.8) is 0 Å². The summed E-state index contributed by atoms with van der Waals surface area (Å²) in [5.41, 5.74) is 7.04. The minimum Gasteiger partial charge on any atom is -0.479 e. The molecule has 0 radical (unpaired) electrons. The Morgan fingerprint density at radius 2 is 2.05 bits per heavy atom. The molecule has 0 aliphatic rings. The van der Waals surface area contributed by atoms with Gasteiger partial charge in [0.1, 0.15) is 12.4 Å². The van der Waals surface area contributed by atoms with Crippen molar-refractivity contribution in [2.75, 3.05) is 5.73 Å². The summed E-state index contributed by atoms with van der Waals surface area (Å²) in [5, 5.41) is 11.0. The fourth-order valence-electron chi connectivity index (χ4n) is 1.76. The minimum atomic E-state index is -0.478. The molecule has 0 bridgehead atoms. The SMILES string of the molecule is Cc1ccc(OCc2nc(C)cc(N)n2)c([N+](=O)[O-])c1. The highest BCUT2D eigenvalue weighted by molar-refractivity contribution is 5.48. The predicted octanol–water partition coefficient (Wildman–Crippen LogP) is 2.16. The van der Waals surface area contributed by atoms with Crippen LogP contribution < -0.4 is 10.5 Å². The molecular formula is C13H14N4O3. The smallest absolute Gasteiger partial charge is 0.311 e. The largest absolute Gasteiger partial charge is 0.479 e. The van der Waals surface area contributed by atoms with E-state index in [-0.39, 0.29) is 18.0 Å². The van der Waals surface area contributed by atoms with Gasteiger partial charge < -0.3 is 10.5 Å². The highest BCUT2D eigenvalue weighted by Gasteiger charge is 2.15. The van der Waals surface area contributed by atoms with Crippen molar-refractivity contribution in [1.82, 2.24) is 9.97 Å². The summed E-state index contributed by atoms with van der Waals surface area (Å²) in [5.74, 6) is 0.913. The van der Waals surface area contributed by atoms with E-state index in [1.807, 2.05) is 0 Å². The number of benzene rings is 1. The standard InChI is InChI=1S/C13H14N4O3/c1-8-3-4-11(10(5-8)17(18)19)20-7-13-15-9(2)6-12(14)16-13/h3-6H,7H2,1-2H3,(H2,14,15,16). The second-order valence-corrected chi connectivity index (χ2v) is 4.37. The molecule has 0 aliphatic heterocycles. The lowest BCUT2D eigenvalue weighted by Gasteiger charge is -2.07. The Morgan fingerprint density at radius 3 is 2.70 bits per heavy atom. The third-order valence-electron chi connectivity index (χ3n) is 2.59. The first-order valence-corrected chi connectivity index (χ1v) is 5.93. The van der Waals surface area contributed by atoms with Crippen molar-refractivity contribution < 1.29 is 9.66 Å². The van der Waals surface area contributed by atoms with E-state index in [0.29, 0.717) is 11.6 Å². The maximum atomic E-state index is 11.0. The molecule has 0 fully saturated rings. The van der Waals surface area contributed by atoms with Crippen molar-refractivity contribution in [3.05, 3.63) is 51.5 Å². The number of nitrogens with two attached hydrogens (primary N) is 1. The molecule has 2 N–H and O–H groups in total. The van der Waals surface area contributed by atoms with Crippen LogP contribution in [-0.4, -0.2) is 14.9 Å². The summed E-state index contributed by atoms with van der Waals surface area (Å²) in [4.78, 5) is 18.7. The lowest BCUT2D eigenvalue weighted by atomic mass is 10.2. The summed E-state index contributed by atoms with van der Waals surface area (Å²) in [6, 6.07) is 6.40. The molecule has 7 nitrogen and oxygen atoms in total. The summed E-state index contributed by atoms with van der Waals surface area (Å²) in [6.07, 6.45) is 0. The first-order chi connectivity index (χ1) is 9.45. The van der Waals surface area contributed by atoms with Gasteiger partial charge in [-0.25, -0.2) is 9.97 Å². The van der Waals surface area contributed by atoms with Gasteiger partial charge in [-0.05, 0) is 25.5 Å². The molecule has 0 saturated heterocycles. The Morgan fingerprint density at radius 1 is 1.30 bits per heavy atom. The molecule has 0 saturated carbocycles. The molecule has 0 unspecified atom stereocenters. The van der Waals surface area contributed by atoms with Gasteiger partial charge in [0.15, 0.2) is 11.6 Å². The van der Waals surface area contributed by atoms with Crippen molar-refractivity contribution in [1.29, 1.82) is 0 Å². The van der Waals surface area contributed by atoms with Gasteiger partial charge in [-0.3, -0.25) is 10.1 Å².